The number of para-hydroxylation sites is 1. The van der Waals surface area contributed by atoms with Gasteiger partial charge < -0.3 is 10.1 Å². The number of aromatic nitrogens is 1. The zero-order valence-electron chi connectivity index (χ0n) is 11.1. The molecule has 0 saturated carbocycles. The third kappa shape index (κ3) is 3.96. The van der Waals surface area contributed by atoms with E-state index >= 15 is 0 Å². The van der Waals surface area contributed by atoms with Gasteiger partial charge >= 0.3 is 0 Å². The Labute approximate surface area is 122 Å². The predicted molar refractivity (Wildman–Crippen MR) is 81.7 cm³/mol. The Morgan fingerprint density at radius 2 is 2.05 bits per heavy atom. The van der Waals surface area contributed by atoms with E-state index in [0.29, 0.717) is 6.04 Å². The molecule has 0 spiro atoms. The van der Waals surface area contributed by atoms with Crippen LogP contribution in [0.1, 0.15) is 12.5 Å². The van der Waals surface area contributed by atoms with Crippen LogP contribution in [0, 0.1) is 0 Å². The summed E-state index contributed by atoms with van der Waals surface area (Å²) in [5.74, 6) is 0.935. The SMILES string of the molecule is COc1ccccc1CC(C)Nc1ccc(Br)nc1. The molecule has 0 fully saturated rings. The number of nitrogens with zero attached hydrogens (tertiary/aromatic N) is 1. The highest BCUT2D eigenvalue weighted by atomic mass is 79.9. The van der Waals surface area contributed by atoms with E-state index in [0.717, 1.165) is 22.5 Å². The van der Waals surface area contributed by atoms with Gasteiger partial charge in [-0.2, -0.15) is 0 Å². The molecule has 1 atom stereocenters. The first-order chi connectivity index (χ1) is 9.19. The Morgan fingerprint density at radius 3 is 2.74 bits per heavy atom. The lowest BCUT2D eigenvalue weighted by atomic mass is 10.1. The van der Waals surface area contributed by atoms with Gasteiger partial charge in [0.1, 0.15) is 10.4 Å². The van der Waals surface area contributed by atoms with Crippen LogP contribution in [0.4, 0.5) is 5.69 Å². The molecule has 0 amide bonds. The summed E-state index contributed by atoms with van der Waals surface area (Å²) in [6.07, 6.45) is 2.73. The van der Waals surface area contributed by atoms with Gasteiger partial charge in [0, 0.05) is 6.04 Å². The van der Waals surface area contributed by atoms with Crippen LogP contribution >= 0.6 is 15.9 Å². The van der Waals surface area contributed by atoms with Crippen molar-refractivity contribution in [2.75, 3.05) is 12.4 Å². The summed E-state index contributed by atoms with van der Waals surface area (Å²) in [5, 5.41) is 3.43. The minimum atomic E-state index is 0.305. The fourth-order valence-electron chi connectivity index (χ4n) is 2.00. The number of nitrogens with one attached hydrogen (secondary N) is 1. The van der Waals surface area contributed by atoms with Gasteiger partial charge in [0.15, 0.2) is 0 Å². The minimum absolute atomic E-state index is 0.305. The highest BCUT2D eigenvalue weighted by molar-refractivity contribution is 9.10. The number of halogens is 1. The zero-order chi connectivity index (χ0) is 13.7. The molecule has 19 heavy (non-hydrogen) atoms. The van der Waals surface area contributed by atoms with Crippen molar-refractivity contribution in [1.29, 1.82) is 0 Å². The van der Waals surface area contributed by atoms with Crippen molar-refractivity contribution in [2.45, 2.75) is 19.4 Å². The van der Waals surface area contributed by atoms with Gasteiger partial charge in [0.25, 0.3) is 0 Å². The Hall–Kier alpha value is -1.55. The number of ether oxygens (including phenoxy) is 1. The second-order valence-corrected chi connectivity index (χ2v) is 5.24. The smallest absolute Gasteiger partial charge is 0.122 e. The van der Waals surface area contributed by atoms with Crippen LogP contribution in [0.2, 0.25) is 0 Å². The molecule has 0 aliphatic carbocycles. The molecule has 0 radical (unpaired) electrons. The number of hydrogen-bond donors (Lipinski definition) is 1. The Balaban J connectivity index is 2.01. The van der Waals surface area contributed by atoms with E-state index in [1.165, 1.54) is 5.56 Å². The number of methoxy groups -OCH3 is 1. The molecule has 0 aliphatic rings. The molecule has 3 nitrogen and oxygen atoms in total. The minimum Gasteiger partial charge on any atom is -0.496 e. The molecule has 0 bridgehead atoms. The number of pyridine rings is 1. The lowest BCUT2D eigenvalue weighted by Gasteiger charge is -2.16. The van der Waals surface area contributed by atoms with Crippen LogP contribution in [0.25, 0.3) is 0 Å². The third-order valence-corrected chi connectivity index (χ3v) is 3.33. The predicted octanol–water partition coefficient (Wildman–Crippen LogP) is 3.90. The molecule has 1 unspecified atom stereocenters. The largest absolute Gasteiger partial charge is 0.496 e. The van der Waals surface area contributed by atoms with Crippen molar-refractivity contribution in [2.24, 2.45) is 0 Å². The maximum Gasteiger partial charge on any atom is 0.122 e. The second kappa shape index (κ2) is 6.57. The van der Waals surface area contributed by atoms with E-state index in [-0.39, 0.29) is 0 Å². The molecule has 0 aliphatic heterocycles. The average molecular weight is 321 g/mol. The summed E-state index contributed by atoms with van der Waals surface area (Å²) < 4.78 is 6.21. The summed E-state index contributed by atoms with van der Waals surface area (Å²) in [6, 6.07) is 12.3. The van der Waals surface area contributed by atoms with E-state index in [2.05, 4.69) is 39.2 Å². The van der Waals surface area contributed by atoms with Gasteiger partial charge in [0.05, 0.1) is 19.0 Å². The Kier molecular flexibility index (Phi) is 4.80. The fourth-order valence-corrected chi connectivity index (χ4v) is 2.23. The van der Waals surface area contributed by atoms with Gasteiger partial charge in [-0.25, -0.2) is 4.98 Å². The summed E-state index contributed by atoms with van der Waals surface area (Å²) in [7, 11) is 1.70. The van der Waals surface area contributed by atoms with E-state index in [1.54, 1.807) is 7.11 Å². The molecule has 1 heterocycles. The van der Waals surface area contributed by atoms with Gasteiger partial charge in [-0.3, -0.25) is 0 Å². The molecule has 1 aromatic heterocycles. The normalized spacial score (nSPS) is 11.9. The molecule has 1 aromatic carbocycles. The standard InChI is InChI=1S/C15H17BrN2O/c1-11(18-13-7-8-15(16)17-10-13)9-12-5-3-4-6-14(12)19-2/h3-8,10-11,18H,9H2,1-2H3. The molecule has 0 saturated heterocycles. The zero-order valence-corrected chi connectivity index (χ0v) is 12.6. The van der Waals surface area contributed by atoms with E-state index in [4.69, 9.17) is 4.74 Å². The van der Waals surface area contributed by atoms with Crippen molar-refractivity contribution in [3.05, 3.63) is 52.8 Å². The van der Waals surface area contributed by atoms with Crippen LogP contribution in [0.15, 0.2) is 47.2 Å². The molecule has 4 heteroatoms. The second-order valence-electron chi connectivity index (χ2n) is 4.43. The topological polar surface area (TPSA) is 34.1 Å². The van der Waals surface area contributed by atoms with Gasteiger partial charge in [-0.1, -0.05) is 18.2 Å². The summed E-state index contributed by atoms with van der Waals surface area (Å²) >= 11 is 3.33. The molecule has 1 N–H and O–H groups in total. The van der Waals surface area contributed by atoms with Crippen molar-refractivity contribution in [3.8, 4) is 5.75 Å². The summed E-state index contributed by atoms with van der Waals surface area (Å²) in [6.45, 7) is 2.15. The Bertz CT molecular complexity index is 528. The third-order valence-electron chi connectivity index (χ3n) is 2.86. The van der Waals surface area contributed by atoms with Crippen LogP contribution in [-0.4, -0.2) is 18.1 Å². The van der Waals surface area contributed by atoms with Gasteiger partial charge in [-0.05, 0) is 53.0 Å². The maximum atomic E-state index is 5.37. The monoisotopic (exact) mass is 320 g/mol. The maximum absolute atomic E-state index is 5.37. The fraction of sp³-hybridized carbons (Fsp3) is 0.267. The first kappa shape index (κ1) is 13.9. The average Bonchev–Trinajstić information content (AvgIpc) is 2.42. The van der Waals surface area contributed by atoms with Crippen LogP contribution < -0.4 is 10.1 Å². The van der Waals surface area contributed by atoms with Crippen LogP contribution in [0.3, 0.4) is 0 Å². The first-order valence-corrected chi connectivity index (χ1v) is 6.98. The van der Waals surface area contributed by atoms with Gasteiger partial charge in [-0.15, -0.1) is 0 Å². The summed E-state index contributed by atoms with van der Waals surface area (Å²) in [4.78, 5) is 4.20. The summed E-state index contributed by atoms with van der Waals surface area (Å²) in [5.41, 5.74) is 2.22. The highest BCUT2D eigenvalue weighted by Crippen LogP contribution is 2.20. The Morgan fingerprint density at radius 1 is 1.26 bits per heavy atom. The van der Waals surface area contributed by atoms with Crippen molar-refractivity contribution in [3.63, 3.8) is 0 Å². The molecule has 2 rings (SSSR count). The number of anilines is 1. The van der Waals surface area contributed by atoms with Crippen molar-refractivity contribution < 1.29 is 4.74 Å². The van der Waals surface area contributed by atoms with E-state index in [9.17, 15) is 0 Å². The first-order valence-electron chi connectivity index (χ1n) is 6.19. The lowest BCUT2D eigenvalue weighted by Crippen LogP contribution is -2.18. The van der Waals surface area contributed by atoms with Crippen molar-refractivity contribution in [1.82, 2.24) is 4.98 Å². The van der Waals surface area contributed by atoms with Crippen LogP contribution in [0.5, 0.6) is 5.75 Å². The molecule has 2 aromatic rings. The lowest BCUT2D eigenvalue weighted by molar-refractivity contribution is 0.409. The van der Waals surface area contributed by atoms with Crippen LogP contribution in [-0.2, 0) is 6.42 Å². The number of hydrogen-bond acceptors (Lipinski definition) is 3. The van der Waals surface area contributed by atoms with E-state index in [1.807, 2.05) is 36.5 Å². The molecular formula is C15H17BrN2O. The number of rotatable bonds is 5. The quantitative estimate of drug-likeness (QED) is 0.848. The highest BCUT2D eigenvalue weighted by Gasteiger charge is 2.08. The molecule has 100 valence electrons. The van der Waals surface area contributed by atoms with Crippen molar-refractivity contribution >= 4 is 21.6 Å². The van der Waals surface area contributed by atoms with Gasteiger partial charge in [0.2, 0.25) is 0 Å². The molecular weight excluding hydrogens is 304 g/mol. The number of benzene rings is 1. The van der Waals surface area contributed by atoms with E-state index < -0.39 is 0 Å².